The summed E-state index contributed by atoms with van der Waals surface area (Å²) in [6.45, 7) is 22.2. The summed E-state index contributed by atoms with van der Waals surface area (Å²) in [4.78, 5) is 59.6. The Morgan fingerprint density at radius 1 is 0.467 bits per heavy atom. The summed E-state index contributed by atoms with van der Waals surface area (Å²) in [6.07, 6.45) is 1.57. The fourth-order valence-corrected chi connectivity index (χ4v) is 9.82. The number of hydrogen-bond donors (Lipinski definition) is 9. The van der Waals surface area contributed by atoms with Crippen molar-refractivity contribution in [3.05, 3.63) is 166 Å². The molecule has 27 heteroatoms. The number of rotatable bonds is 20. The van der Waals surface area contributed by atoms with Crippen molar-refractivity contribution in [1.29, 1.82) is 0 Å². The largest absolute Gasteiger partial charge is 0.508 e. The summed E-state index contributed by atoms with van der Waals surface area (Å²) < 4.78 is 16.8. The summed E-state index contributed by atoms with van der Waals surface area (Å²) in [5.74, 6) is -2.90. The van der Waals surface area contributed by atoms with Gasteiger partial charge in [0.05, 0.1) is 59.3 Å². The number of aryl methyl sites for hydroxylation is 6. The first-order valence-electron chi connectivity index (χ1n) is 27.5. The van der Waals surface area contributed by atoms with Gasteiger partial charge in [-0.25, -0.2) is 0 Å². The molecule has 0 saturated heterocycles. The molecule has 0 aromatic heterocycles. The summed E-state index contributed by atoms with van der Waals surface area (Å²) in [7, 11) is -2.01. The molecule has 90 heavy (non-hydrogen) atoms. The van der Waals surface area contributed by atoms with E-state index in [2.05, 4.69) is 84.7 Å². The van der Waals surface area contributed by atoms with Crippen LogP contribution in [0.5, 0.6) is 34.5 Å². The van der Waals surface area contributed by atoms with E-state index in [1.165, 1.54) is 52.0 Å². The maximum absolute atomic E-state index is 12.5. The zero-order valence-corrected chi connectivity index (χ0v) is 58.2. The van der Waals surface area contributed by atoms with Crippen molar-refractivity contribution in [3.63, 3.8) is 0 Å². The van der Waals surface area contributed by atoms with Crippen LogP contribution in [-0.4, -0.2) is 118 Å². The number of nitrogens with zero attached hydrogens (tertiary/aromatic N) is 2. The molecule has 0 aliphatic rings. The van der Waals surface area contributed by atoms with E-state index in [0.717, 1.165) is 39.6 Å². The van der Waals surface area contributed by atoms with E-state index in [1.54, 1.807) is 41.5 Å². The van der Waals surface area contributed by atoms with Gasteiger partial charge in [-0.1, -0.05) is 113 Å². The third kappa shape index (κ3) is 25.4. The van der Waals surface area contributed by atoms with Gasteiger partial charge in [0.15, 0.2) is 0 Å². The van der Waals surface area contributed by atoms with Crippen molar-refractivity contribution in [1.82, 2.24) is 0 Å². The molecular formula is C63H78AgBBr3N2O20. The van der Waals surface area contributed by atoms with E-state index in [4.69, 9.17) is 39.6 Å². The molecule has 9 N–H and O–H groups in total. The molecule has 22 nitrogen and oxygen atoms in total. The van der Waals surface area contributed by atoms with E-state index in [1.807, 2.05) is 64.1 Å². The van der Waals surface area contributed by atoms with Gasteiger partial charge in [0, 0.05) is 43.9 Å². The molecule has 0 saturated carbocycles. The van der Waals surface area contributed by atoms with Crippen LogP contribution in [0.2, 0.25) is 0 Å². The number of phenolic OH excluding ortho intramolecular Hbond substituents is 6. The van der Waals surface area contributed by atoms with Crippen LogP contribution in [0.1, 0.15) is 111 Å². The van der Waals surface area contributed by atoms with Gasteiger partial charge in [-0.2, -0.15) is 0 Å². The molecule has 0 unspecified atom stereocenters. The van der Waals surface area contributed by atoms with E-state index in [0.29, 0.717) is 51.7 Å². The zero-order chi connectivity index (χ0) is 67.9. The minimum atomic E-state index is -2.01. The number of carbonyl (C=O) groups is 3. The van der Waals surface area contributed by atoms with Crippen LogP contribution in [0.15, 0.2) is 95.5 Å². The Morgan fingerprint density at radius 2 is 0.722 bits per heavy atom. The molecule has 6 aromatic rings. The third-order valence-corrected chi connectivity index (χ3v) is 14.8. The van der Waals surface area contributed by atoms with Crippen molar-refractivity contribution in [2.75, 3.05) is 37.1 Å². The topological polar surface area (TPSA) is 356 Å². The predicted molar refractivity (Wildman–Crippen MR) is 348 cm³/mol. The summed E-state index contributed by atoms with van der Waals surface area (Å²) in [5, 5.41) is 104. The smallest absolute Gasteiger partial charge is 0.496 e. The molecular weight excluding hydrogens is 1460 g/mol. The fraction of sp³-hybridized carbons (Fsp3) is 0.381. The van der Waals surface area contributed by atoms with Crippen molar-refractivity contribution in [2.24, 2.45) is 0 Å². The number of benzene rings is 6. The molecule has 0 aliphatic carbocycles. The maximum atomic E-state index is 12.5. The molecule has 495 valence electrons. The van der Waals surface area contributed by atoms with Gasteiger partial charge in [-0.15, -0.1) is 20.2 Å². The molecule has 6 rings (SSSR count). The molecule has 0 bridgehead atoms. The van der Waals surface area contributed by atoms with Gasteiger partial charge in [-0.05, 0) is 183 Å². The van der Waals surface area contributed by atoms with Crippen LogP contribution >= 0.6 is 47.8 Å². The molecule has 0 atom stereocenters. The van der Waals surface area contributed by atoms with E-state index < -0.39 is 68.4 Å². The number of alkyl halides is 2. The molecule has 0 spiro atoms. The van der Waals surface area contributed by atoms with Crippen LogP contribution in [0.4, 0.5) is 0 Å². The minimum absolute atomic E-state index is 0. The number of ether oxygens (including phenoxy) is 3. The Balaban J connectivity index is 0.000000614. The molecule has 6 aromatic carbocycles. The average Bonchev–Trinajstić information content (AvgIpc) is 3.60. The number of carbonyl (C=O) groups excluding carboxylic acids is 3. The molecule has 1 radical (unpaired) electrons. The van der Waals surface area contributed by atoms with Gasteiger partial charge in [-0.3, -0.25) is 14.4 Å². The summed E-state index contributed by atoms with van der Waals surface area (Å²) >= 11 is 9.94. The Kier molecular flexibility index (Phi) is 33.7. The SMILES string of the molecule is CC(C)(C(=O)OCCCBr)c1cc(O)c(B(O)O)c(O)c1.Cc1cc(C)cc(-c2c(O)cc(C(C)(C)C(=O)OCCCBr)cc2O)c1.Cc1cc(C)cc(-c2c(O)cc(C(C)(C)C(=O)OCCCO[N+](=O)[O-])cc2O)c1.Cc1cc(C)cc(Br)c1.O=[N+]([O-])O.[Ag]. The number of esters is 3. The number of phenols is 6. The van der Waals surface area contributed by atoms with Gasteiger partial charge >= 0.3 is 25.0 Å². The zero-order valence-electron chi connectivity index (χ0n) is 51.9. The van der Waals surface area contributed by atoms with E-state index in [-0.39, 0.29) is 71.6 Å². The van der Waals surface area contributed by atoms with Crippen molar-refractivity contribution in [2.45, 2.75) is 119 Å². The van der Waals surface area contributed by atoms with Gasteiger partial charge in [0.25, 0.3) is 10.2 Å². The molecule has 0 fully saturated rings. The van der Waals surface area contributed by atoms with Crippen molar-refractivity contribution >= 4 is 78.3 Å². The van der Waals surface area contributed by atoms with Gasteiger partial charge in [0.1, 0.15) is 34.5 Å². The maximum Gasteiger partial charge on any atom is 0.496 e. The molecule has 0 heterocycles. The standard InChI is InChI=1S/C21H25BrO4.C21H25NO7.C13H18BBrO6.C8H9Br.Ag.HNO3/c1-13-8-14(2)10-15(9-13)19-17(23)11-16(12-18(19)24)21(3,4)20(25)26-7-5-6-22;1-13-8-14(2)10-15(9-13)19-17(23)11-16(12-18(19)24)21(3,4)20(25)28-6-5-7-29-22(26)27;1-13(2,12(18)21-5-3-4-15)8-6-9(16)11(14(19)20)10(17)7-8;1-6-3-7(2)5-8(9)4-6;;2-1(3)4/h8-12,23-24H,5-7H2,1-4H3;8-12,23-24H,5-7H2,1-4H3;6-7,16-17,19-20H,3-5H2,1-2H3;3-5H,1-2H3;;(H,2,3,4). The summed E-state index contributed by atoms with van der Waals surface area (Å²) in [6, 6.07) is 26.2. The fourth-order valence-electron chi connectivity index (χ4n) is 8.64. The average molecular weight is 1540 g/mol. The van der Waals surface area contributed by atoms with Crippen LogP contribution in [-0.2, 0) is 72.1 Å². The second-order valence-corrected chi connectivity index (χ2v) is 24.7. The van der Waals surface area contributed by atoms with Crippen molar-refractivity contribution < 1.29 is 112 Å². The third-order valence-electron chi connectivity index (χ3n) is 13.2. The van der Waals surface area contributed by atoms with Gasteiger partial charge < -0.3 is 64.9 Å². The van der Waals surface area contributed by atoms with E-state index in [9.17, 15) is 55.1 Å². The normalized spacial score (nSPS) is 10.8. The Bertz CT molecular complexity index is 3250. The predicted octanol–water partition coefficient (Wildman–Crippen LogP) is 11.9. The first kappa shape index (κ1) is 81.1. The number of hydrogen-bond acceptors (Lipinski definition) is 19. The Morgan fingerprint density at radius 3 is 0.967 bits per heavy atom. The first-order valence-corrected chi connectivity index (χ1v) is 30.6. The Labute approximate surface area is 564 Å². The summed E-state index contributed by atoms with van der Waals surface area (Å²) in [5.41, 5.74) is 6.32. The molecule has 0 amide bonds. The van der Waals surface area contributed by atoms with E-state index >= 15 is 0 Å². The second-order valence-electron chi connectivity index (χ2n) is 22.2. The second kappa shape index (κ2) is 37.4. The minimum Gasteiger partial charge on any atom is -0.508 e. The Hall–Kier alpha value is -6.90. The van der Waals surface area contributed by atoms with Crippen LogP contribution < -0.4 is 5.46 Å². The van der Waals surface area contributed by atoms with Gasteiger partial charge in [0.2, 0.25) is 0 Å². The van der Waals surface area contributed by atoms with Crippen LogP contribution in [0, 0.1) is 61.8 Å². The molecule has 0 aliphatic heterocycles. The van der Waals surface area contributed by atoms with Crippen LogP contribution in [0.3, 0.4) is 0 Å². The monoisotopic (exact) mass is 1540 g/mol. The quantitative estimate of drug-likeness (QED) is 0.00652. The first-order chi connectivity index (χ1) is 41.3. The number of halogens is 3. The van der Waals surface area contributed by atoms with Crippen LogP contribution in [0.25, 0.3) is 22.3 Å². The van der Waals surface area contributed by atoms with Crippen molar-refractivity contribution in [3.8, 4) is 56.8 Å². The number of aromatic hydroxyl groups is 6.